The van der Waals surface area contributed by atoms with Crippen LogP contribution in [0.3, 0.4) is 0 Å². The number of nitrogens with one attached hydrogen (secondary N) is 1. The molecule has 0 aliphatic rings. The minimum absolute atomic E-state index is 0. The Morgan fingerprint density at radius 1 is 1.56 bits per heavy atom. The Kier molecular flexibility index (Phi) is 7.75. The fourth-order valence-corrected chi connectivity index (χ4v) is 1.54. The molecule has 0 aliphatic carbocycles. The van der Waals surface area contributed by atoms with Crippen LogP contribution in [0.15, 0.2) is 18.2 Å². The summed E-state index contributed by atoms with van der Waals surface area (Å²) in [7, 11) is 1.58. The molecule has 0 saturated heterocycles. The predicted molar refractivity (Wildman–Crippen MR) is 75.3 cm³/mol. The van der Waals surface area contributed by atoms with Crippen LogP contribution in [-0.4, -0.2) is 19.6 Å². The van der Waals surface area contributed by atoms with E-state index < -0.39 is 0 Å². The molecule has 0 heterocycles. The molecule has 1 aromatic carbocycles. The van der Waals surface area contributed by atoms with Crippen LogP contribution in [0.5, 0.6) is 5.75 Å². The van der Waals surface area contributed by atoms with E-state index in [1.54, 1.807) is 32.2 Å². The van der Waals surface area contributed by atoms with E-state index in [1.165, 1.54) is 0 Å². The molecule has 0 aromatic heterocycles. The highest BCUT2D eigenvalue weighted by molar-refractivity contribution is 6.30. The molecule has 0 radical (unpaired) electrons. The summed E-state index contributed by atoms with van der Waals surface area (Å²) in [5.41, 5.74) is 6.26. The molecule has 0 bridgehead atoms. The molecule has 1 amide bonds. The number of benzene rings is 1. The number of ether oxygens (including phenoxy) is 1. The van der Waals surface area contributed by atoms with E-state index in [9.17, 15) is 4.79 Å². The molecule has 18 heavy (non-hydrogen) atoms. The fraction of sp³-hybridized carbons (Fsp3) is 0.417. The normalized spacial score (nSPS) is 11.3. The van der Waals surface area contributed by atoms with Gasteiger partial charge in [0.1, 0.15) is 5.75 Å². The smallest absolute Gasteiger partial charge is 0.224 e. The number of carbonyl (C=O) groups is 1. The molecule has 1 atom stereocenters. The number of methoxy groups -OCH3 is 1. The Hall–Kier alpha value is -0.970. The topological polar surface area (TPSA) is 64.3 Å². The monoisotopic (exact) mass is 292 g/mol. The summed E-state index contributed by atoms with van der Waals surface area (Å²) in [6.45, 7) is 2.50. The fourth-order valence-electron chi connectivity index (χ4n) is 1.35. The molecule has 0 aliphatic heterocycles. The maximum Gasteiger partial charge on any atom is 0.224 e. The van der Waals surface area contributed by atoms with E-state index in [4.69, 9.17) is 22.1 Å². The second kappa shape index (κ2) is 8.19. The highest BCUT2D eigenvalue weighted by atomic mass is 35.5. The van der Waals surface area contributed by atoms with Crippen molar-refractivity contribution in [3.8, 4) is 5.75 Å². The van der Waals surface area contributed by atoms with Crippen LogP contribution in [0.2, 0.25) is 5.02 Å². The van der Waals surface area contributed by atoms with E-state index in [-0.39, 0.29) is 24.2 Å². The first kappa shape index (κ1) is 17.0. The lowest BCUT2D eigenvalue weighted by atomic mass is 10.1. The van der Waals surface area contributed by atoms with Gasteiger partial charge in [-0.3, -0.25) is 4.79 Å². The van der Waals surface area contributed by atoms with Crippen LogP contribution in [0.25, 0.3) is 0 Å². The highest BCUT2D eigenvalue weighted by Gasteiger charge is 2.11. The minimum Gasteiger partial charge on any atom is -0.496 e. The number of halogens is 2. The summed E-state index contributed by atoms with van der Waals surface area (Å²) < 4.78 is 5.18. The number of hydrogen-bond acceptors (Lipinski definition) is 3. The Bertz CT molecular complexity index is 400. The van der Waals surface area contributed by atoms with Crippen LogP contribution in [0.1, 0.15) is 12.5 Å². The Labute approximate surface area is 118 Å². The van der Waals surface area contributed by atoms with Gasteiger partial charge in [-0.1, -0.05) is 18.5 Å². The number of carbonyl (C=O) groups excluding carboxylic acids is 1. The van der Waals surface area contributed by atoms with Gasteiger partial charge in [0.25, 0.3) is 0 Å². The van der Waals surface area contributed by atoms with Crippen LogP contribution in [-0.2, 0) is 11.3 Å². The third kappa shape index (κ3) is 4.72. The first-order chi connectivity index (χ1) is 8.08. The van der Waals surface area contributed by atoms with Crippen LogP contribution >= 0.6 is 24.0 Å². The lowest BCUT2D eigenvalue weighted by Gasteiger charge is -2.12. The van der Waals surface area contributed by atoms with Crippen molar-refractivity contribution in [2.75, 3.05) is 13.7 Å². The zero-order valence-electron chi connectivity index (χ0n) is 10.4. The van der Waals surface area contributed by atoms with Crippen molar-refractivity contribution in [1.29, 1.82) is 0 Å². The van der Waals surface area contributed by atoms with E-state index in [0.717, 1.165) is 5.56 Å². The molecule has 4 nitrogen and oxygen atoms in total. The number of amides is 1. The molecule has 0 saturated carbocycles. The lowest BCUT2D eigenvalue weighted by molar-refractivity contribution is -0.124. The number of nitrogens with two attached hydrogens (primary N) is 1. The maximum atomic E-state index is 11.6. The minimum atomic E-state index is -0.194. The largest absolute Gasteiger partial charge is 0.496 e. The van der Waals surface area contributed by atoms with E-state index in [2.05, 4.69) is 5.32 Å². The quantitative estimate of drug-likeness (QED) is 0.872. The van der Waals surface area contributed by atoms with Crippen LogP contribution in [0, 0.1) is 5.92 Å². The van der Waals surface area contributed by atoms with Crippen molar-refractivity contribution >= 4 is 29.9 Å². The second-order valence-electron chi connectivity index (χ2n) is 3.81. The summed E-state index contributed by atoms with van der Waals surface area (Å²) in [5, 5.41) is 3.41. The van der Waals surface area contributed by atoms with Crippen LogP contribution in [0.4, 0.5) is 0 Å². The van der Waals surface area contributed by atoms with Gasteiger partial charge in [0, 0.05) is 29.6 Å². The molecule has 0 fully saturated rings. The van der Waals surface area contributed by atoms with Gasteiger partial charge in [-0.2, -0.15) is 0 Å². The Balaban J connectivity index is 0.00000289. The predicted octanol–water partition coefficient (Wildman–Crippen LogP) is 1.98. The maximum absolute atomic E-state index is 11.6. The molecule has 102 valence electrons. The molecule has 3 N–H and O–H groups in total. The second-order valence-corrected chi connectivity index (χ2v) is 4.25. The van der Waals surface area contributed by atoms with Gasteiger partial charge in [-0.25, -0.2) is 0 Å². The SMILES string of the molecule is COc1ccc(Cl)cc1CNC(=O)C(C)CN.Cl. The molecule has 0 spiro atoms. The van der Waals surface area contributed by atoms with Crippen molar-refractivity contribution in [3.05, 3.63) is 28.8 Å². The Morgan fingerprint density at radius 3 is 2.78 bits per heavy atom. The van der Waals surface area contributed by atoms with Gasteiger partial charge in [0.15, 0.2) is 0 Å². The van der Waals surface area contributed by atoms with Gasteiger partial charge in [-0.05, 0) is 18.2 Å². The first-order valence-electron chi connectivity index (χ1n) is 5.38. The highest BCUT2D eigenvalue weighted by Crippen LogP contribution is 2.22. The van der Waals surface area contributed by atoms with E-state index in [0.29, 0.717) is 23.9 Å². The summed E-state index contributed by atoms with van der Waals surface area (Å²) in [4.78, 5) is 11.6. The molecule has 1 aromatic rings. The summed E-state index contributed by atoms with van der Waals surface area (Å²) >= 11 is 5.89. The standard InChI is InChI=1S/C12H17ClN2O2.ClH/c1-8(6-14)12(16)15-7-9-5-10(13)3-4-11(9)17-2;/h3-5,8H,6-7,14H2,1-2H3,(H,15,16);1H. The van der Waals surface area contributed by atoms with Crippen molar-refractivity contribution in [2.45, 2.75) is 13.5 Å². The van der Waals surface area contributed by atoms with E-state index >= 15 is 0 Å². The van der Waals surface area contributed by atoms with E-state index in [1.807, 2.05) is 0 Å². The van der Waals surface area contributed by atoms with Gasteiger partial charge >= 0.3 is 0 Å². The Morgan fingerprint density at radius 2 is 2.22 bits per heavy atom. The third-order valence-electron chi connectivity index (χ3n) is 2.50. The van der Waals surface area contributed by atoms with Crippen molar-refractivity contribution in [1.82, 2.24) is 5.32 Å². The zero-order chi connectivity index (χ0) is 12.8. The van der Waals surface area contributed by atoms with Gasteiger partial charge in [0.2, 0.25) is 5.91 Å². The average Bonchev–Trinajstić information content (AvgIpc) is 2.35. The van der Waals surface area contributed by atoms with Crippen LogP contribution < -0.4 is 15.8 Å². The molecular weight excluding hydrogens is 275 g/mol. The number of hydrogen-bond donors (Lipinski definition) is 2. The summed E-state index contributed by atoms with van der Waals surface area (Å²) in [6.07, 6.45) is 0. The summed E-state index contributed by atoms with van der Waals surface area (Å²) in [6, 6.07) is 5.29. The van der Waals surface area contributed by atoms with Gasteiger partial charge < -0.3 is 15.8 Å². The summed E-state index contributed by atoms with van der Waals surface area (Å²) in [5.74, 6) is 0.435. The third-order valence-corrected chi connectivity index (χ3v) is 2.73. The number of rotatable bonds is 5. The van der Waals surface area contributed by atoms with Crippen molar-refractivity contribution in [3.63, 3.8) is 0 Å². The van der Waals surface area contributed by atoms with Crippen molar-refractivity contribution in [2.24, 2.45) is 11.7 Å². The van der Waals surface area contributed by atoms with Crippen molar-refractivity contribution < 1.29 is 9.53 Å². The zero-order valence-corrected chi connectivity index (χ0v) is 12.0. The molecule has 1 rings (SSSR count). The lowest BCUT2D eigenvalue weighted by Crippen LogP contribution is -2.32. The van der Waals surface area contributed by atoms with Gasteiger partial charge in [-0.15, -0.1) is 12.4 Å². The first-order valence-corrected chi connectivity index (χ1v) is 5.76. The molecular formula is C12H18Cl2N2O2. The van der Waals surface area contributed by atoms with Gasteiger partial charge in [0.05, 0.1) is 7.11 Å². The molecule has 6 heteroatoms. The molecule has 1 unspecified atom stereocenters. The average molecular weight is 293 g/mol.